The number of nitrogens with one attached hydrogen (secondary N) is 4. The van der Waals surface area contributed by atoms with Crippen LogP contribution in [0.4, 0.5) is 26.2 Å². The van der Waals surface area contributed by atoms with Gasteiger partial charge >= 0.3 is 17.7 Å². The van der Waals surface area contributed by atoms with E-state index in [1.165, 1.54) is 31.4 Å². The average molecular weight is 579 g/mol. The number of unbranched alkanes of at least 4 members (excludes halogenated alkanes) is 1. The van der Waals surface area contributed by atoms with Crippen molar-refractivity contribution in [2.75, 3.05) is 64.1 Å². The Morgan fingerprint density at radius 3 is 2.27 bits per heavy atom. The molecule has 226 valence electrons. The molecule has 0 bridgehead atoms. The third kappa shape index (κ3) is 11.6. The maximum absolute atomic E-state index is 14.7. The number of carbonyl (C=O) groups excluding carboxylic acids is 2. The largest absolute Gasteiger partial charge is 0.490 e. The number of ether oxygens (including phenoxy) is 3. The van der Waals surface area contributed by atoms with Crippen LogP contribution in [0.1, 0.15) is 41.6 Å². The number of benzene rings is 2. The number of carbonyl (C=O) groups is 2. The molecule has 1 amide bonds. The lowest BCUT2D eigenvalue weighted by Gasteiger charge is -2.15. The molecule has 0 unspecified atom stereocenters. The van der Waals surface area contributed by atoms with Crippen LogP contribution in [-0.4, -0.2) is 70.5 Å². The molecule has 0 aliphatic carbocycles. The SMILES string of the molecule is COC(=O)c1cc(F)c(NCCCNCCCCNCCCN)cc1NC(=O)OCc1ccc([N+](=O)[O-])c(OC)c1. The Morgan fingerprint density at radius 2 is 1.63 bits per heavy atom. The van der Waals surface area contributed by atoms with Crippen molar-refractivity contribution in [1.82, 2.24) is 10.6 Å². The molecule has 0 spiro atoms. The van der Waals surface area contributed by atoms with Crippen LogP contribution in [-0.2, 0) is 16.1 Å². The number of nitro groups is 1. The molecule has 13 nitrogen and oxygen atoms in total. The van der Waals surface area contributed by atoms with Crippen molar-refractivity contribution >= 4 is 29.1 Å². The predicted octanol–water partition coefficient (Wildman–Crippen LogP) is 3.39. The summed E-state index contributed by atoms with van der Waals surface area (Å²) in [6, 6.07) is 6.31. The third-order valence-corrected chi connectivity index (χ3v) is 5.92. The molecular formula is C27H39FN6O7. The summed E-state index contributed by atoms with van der Waals surface area (Å²) in [4.78, 5) is 35.2. The van der Waals surface area contributed by atoms with Gasteiger partial charge in [-0.05, 0) is 88.2 Å². The van der Waals surface area contributed by atoms with E-state index < -0.39 is 22.8 Å². The van der Waals surface area contributed by atoms with Gasteiger partial charge in [-0.15, -0.1) is 0 Å². The van der Waals surface area contributed by atoms with E-state index in [9.17, 15) is 24.1 Å². The van der Waals surface area contributed by atoms with E-state index in [1.54, 1.807) is 0 Å². The molecule has 0 saturated carbocycles. The quantitative estimate of drug-likeness (QED) is 0.0714. The van der Waals surface area contributed by atoms with Gasteiger partial charge in [-0.3, -0.25) is 15.4 Å². The Kier molecular flexibility index (Phi) is 14.9. The van der Waals surface area contributed by atoms with Gasteiger partial charge in [0.15, 0.2) is 5.75 Å². The molecule has 0 radical (unpaired) electrons. The minimum absolute atomic E-state index is 0.00905. The first-order valence-electron chi connectivity index (χ1n) is 13.3. The van der Waals surface area contributed by atoms with Crippen LogP contribution in [0, 0.1) is 15.9 Å². The highest BCUT2D eigenvalue weighted by molar-refractivity contribution is 6.00. The molecule has 41 heavy (non-hydrogen) atoms. The zero-order valence-corrected chi connectivity index (χ0v) is 23.4. The first kappa shape index (κ1) is 33.2. The van der Waals surface area contributed by atoms with Gasteiger partial charge in [-0.25, -0.2) is 14.0 Å². The first-order valence-corrected chi connectivity index (χ1v) is 13.3. The van der Waals surface area contributed by atoms with Gasteiger partial charge in [0.1, 0.15) is 12.4 Å². The fraction of sp³-hybridized carbons (Fsp3) is 0.481. The number of anilines is 2. The van der Waals surface area contributed by atoms with Gasteiger partial charge in [-0.1, -0.05) is 0 Å². The lowest BCUT2D eigenvalue weighted by molar-refractivity contribution is -0.385. The maximum atomic E-state index is 14.7. The van der Waals surface area contributed by atoms with Crippen LogP contribution in [0.3, 0.4) is 0 Å². The Bertz CT molecular complexity index is 1150. The van der Waals surface area contributed by atoms with Gasteiger partial charge in [0.05, 0.1) is 36.1 Å². The fourth-order valence-electron chi connectivity index (χ4n) is 3.76. The standard InChI is InChI=1S/C27H39FN6O7/c1-39-25-15-19(7-8-24(25)34(37)38)18-41-27(36)33-22-17-23(21(28)16-20(22)26(35)40-2)32-14-6-13-31-11-4-3-10-30-12-5-9-29/h7-8,15-17,30-32H,3-6,9-14,18,29H2,1-2H3,(H,33,36). The number of nitro benzene ring substituents is 1. The third-order valence-electron chi connectivity index (χ3n) is 5.92. The van der Waals surface area contributed by atoms with Crippen molar-refractivity contribution in [3.8, 4) is 5.75 Å². The summed E-state index contributed by atoms with van der Waals surface area (Å²) in [5.41, 5.74) is 5.56. The van der Waals surface area contributed by atoms with E-state index in [4.69, 9.17) is 19.9 Å². The highest BCUT2D eigenvalue weighted by Crippen LogP contribution is 2.28. The van der Waals surface area contributed by atoms with E-state index in [1.807, 2.05) is 0 Å². The number of nitrogens with zero attached hydrogens (tertiary/aromatic N) is 1. The van der Waals surface area contributed by atoms with Crippen molar-refractivity contribution in [2.24, 2.45) is 5.73 Å². The second-order valence-electron chi connectivity index (χ2n) is 8.96. The number of methoxy groups -OCH3 is 2. The van der Waals surface area contributed by atoms with Crippen molar-refractivity contribution in [1.29, 1.82) is 0 Å². The molecule has 0 saturated heterocycles. The predicted molar refractivity (Wildman–Crippen MR) is 153 cm³/mol. The Morgan fingerprint density at radius 1 is 0.951 bits per heavy atom. The number of esters is 1. The van der Waals surface area contributed by atoms with Crippen LogP contribution >= 0.6 is 0 Å². The molecule has 0 heterocycles. The Labute approximate surface area is 238 Å². The summed E-state index contributed by atoms with van der Waals surface area (Å²) in [6.07, 6.45) is 2.86. The Balaban J connectivity index is 1.89. The molecule has 2 aromatic carbocycles. The number of nitrogens with two attached hydrogens (primary N) is 1. The molecule has 0 aliphatic rings. The van der Waals surface area contributed by atoms with E-state index in [2.05, 4.69) is 21.3 Å². The van der Waals surface area contributed by atoms with Crippen LogP contribution < -0.4 is 31.7 Å². The van der Waals surface area contributed by atoms with Crippen molar-refractivity contribution in [2.45, 2.75) is 32.3 Å². The van der Waals surface area contributed by atoms with Crippen LogP contribution in [0.25, 0.3) is 0 Å². The number of hydrogen-bond donors (Lipinski definition) is 5. The molecule has 0 aliphatic heterocycles. The van der Waals surface area contributed by atoms with E-state index >= 15 is 0 Å². The molecule has 0 fully saturated rings. The zero-order valence-electron chi connectivity index (χ0n) is 23.4. The topological polar surface area (TPSA) is 179 Å². The smallest absolute Gasteiger partial charge is 0.411 e. The highest BCUT2D eigenvalue weighted by Gasteiger charge is 2.20. The fourth-order valence-corrected chi connectivity index (χ4v) is 3.76. The van der Waals surface area contributed by atoms with E-state index in [0.29, 0.717) is 18.7 Å². The van der Waals surface area contributed by atoms with Crippen LogP contribution in [0.2, 0.25) is 0 Å². The minimum atomic E-state index is -0.927. The average Bonchev–Trinajstić information content (AvgIpc) is 2.97. The van der Waals surface area contributed by atoms with Gasteiger partial charge < -0.3 is 35.9 Å². The molecule has 6 N–H and O–H groups in total. The normalized spacial score (nSPS) is 10.6. The summed E-state index contributed by atoms with van der Waals surface area (Å²) in [5.74, 6) is -1.51. The molecular weight excluding hydrogens is 539 g/mol. The summed E-state index contributed by atoms with van der Waals surface area (Å²) < 4.78 is 29.6. The number of rotatable bonds is 19. The van der Waals surface area contributed by atoms with Crippen LogP contribution in [0.5, 0.6) is 5.75 Å². The van der Waals surface area contributed by atoms with E-state index in [0.717, 1.165) is 65.0 Å². The second-order valence-corrected chi connectivity index (χ2v) is 8.96. The monoisotopic (exact) mass is 578 g/mol. The number of halogens is 1. The van der Waals surface area contributed by atoms with Crippen LogP contribution in [0.15, 0.2) is 30.3 Å². The summed E-state index contributed by atoms with van der Waals surface area (Å²) in [6.45, 7) is 4.41. The van der Waals surface area contributed by atoms with Gasteiger partial charge in [-0.2, -0.15) is 0 Å². The van der Waals surface area contributed by atoms with Gasteiger partial charge in [0, 0.05) is 12.6 Å². The molecule has 2 aromatic rings. The first-order chi connectivity index (χ1) is 19.8. The van der Waals surface area contributed by atoms with Crippen molar-refractivity contribution in [3.05, 3.63) is 57.4 Å². The lowest BCUT2D eigenvalue weighted by Crippen LogP contribution is -2.22. The number of amides is 1. The maximum Gasteiger partial charge on any atom is 0.411 e. The highest BCUT2D eigenvalue weighted by atomic mass is 19.1. The minimum Gasteiger partial charge on any atom is -0.490 e. The lowest BCUT2D eigenvalue weighted by atomic mass is 10.1. The molecule has 14 heteroatoms. The molecule has 0 aromatic heterocycles. The summed E-state index contributed by atoms with van der Waals surface area (Å²) in [7, 11) is 2.43. The molecule has 0 atom stereocenters. The van der Waals surface area contributed by atoms with Gasteiger partial charge in [0.2, 0.25) is 0 Å². The zero-order chi connectivity index (χ0) is 30.0. The van der Waals surface area contributed by atoms with E-state index in [-0.39, 0.29) is 35.0 Å². The second kappa shape index (κ2) is 18.4. The van der Waals surface area contributed by atoms with Gasteiger partial charge in [0.25, 0.3) is 0 Å². The summed E-state index contributed by atoms with van der Waals surface area (Å²) in [5, 5.41) is 23.2. The summed E-state index contributed by atoms with van der Waals surface area (Å²) >= 11 is 0. The van der Waals surface area contributed by atoms with Crippen molar-refractivity contribution in [3.63, 3.8) is 0 Å². The Hall–Kier alpha value is -4.01. The molecule has 2 rings (SSSR count). The van der Waals surface area contributed by atoms with Crippen molar-refractivity contribution < 1.29 is 33.1 Å². The number of hydrogen-bond acceptors (Lipinski definition) is 11.